The molecule has 1 aliphatic rings. The first-order valence-corrected chi connectivity index (χ1v) is 4.00. The number of carbonyl (C=O) groups is 1. The van der Waals surface area contributed by atoms with Gasteiger partial charge in [0.05, 0.1) is 18.1 Å². The molecule has 1 rings (SSSR count). The van der Waals surface area contributed by atoms with Crippen molar-refractivity contribution in [3.63, 3.8) is 0 Å². The van der Waals surface area contributed by atoms with Crippen molar-refractivity contribution in [2.45, 2.75) is 25.8 Å². The maximum Gasteiger partial charge on any atom is 0.314 e. The lowest BCUT2D eigenvalue weighted by molar-refractivity contribution is -0.150. The second-order valence-electron chi connectivity index (χ2n) is 2.98. The highest BCUT2D eigenvalue weighted by Crippen LogP contribution is 2.48. The summed E-state index contributed by atoms with van der Waals surface area (Å²) in [6.07, 6.45) is 1.36. The Morgan fingerprint density at radius 3 is 2.75 bits per heavy atom. The number of hydrogen-bond donors (Lipinski definition) is 1. The van der Waals surface area contributed by atoms with E-state index in [4.69, 9.17) is 15.7 Å². The SMILES string of the molecule is CCOC(=O)C1(C(N)C#N)CC1. The van der Waals surface area contributed by atoms with E-state index in [1.807, 2.05) is 6.07 Å². The molecule has 1 fully saturated rings. The van der Waals surface area contributed by atoms with E-state index in [0.717, 1.165) is 0 Å². The molecule has 1 unspecified atom stereocenters. The van der Waals surface area contributed by atoms with E-state index in [-0.39, 0.29) is 5.97 Å². The fourth-order valence-corrected chi connectivity index (χ4v) is 1.18. The van der Waals surface area contributed by atoms with Gasteiger partial charge in [0.1, 0.15) is 6.04 Å². The van der Waals surface area contributed by atoms with Crippen LogP contribution in [0.5, 0.6) is 0 Å². The number of nitrogens with two attached hydrogens (primary N) is 1. The number of hydrogen-bond acceptors (Lipinski definition) is 4. The Labute approximate surface area is 71.3 Å². The molecule has 0 heterocycles. The van der Waals surface area contributed by atoms with Crippen molar-refractivity contribution >= 4 is 5.97 Å². The van der Waals surface area contributed by atoms with Gasteiger partial charge in [0.2, 0.25) is 0 Å². The normalized spacial score (nSPS) is 20.8. The molecule has 0 aromatic rings. The molecule has 0 radical (unpaired) electrons. The van der Waals surface area contributed by atoms with Crippen molar-refractivity contribution in [2.24, 2.45) is 11.1 Å². The standard InChI is InChI=1S/C8H12N2O2/c1-2-12-7(11)8(3-4-8)6(10)5-9/h6H,2-4,10H2,1H3. The van der Waals surface area contributed by atoms with Gasteiger partial charge in [0.15, 0.2) is 0 Å². The van der Waals surface area contributed by atoms with Crippen LogP contribution in [0.2, 0.25) is 0 Å². The second kappa shape index (κ2) is 3.11. The lowest BCUT2D eigenvalue weighted by atomic mass is 9.99. The molecule has 0 bridgehead atoms. The van der Waals surface area contributed by atoms with Gasteiger partial charge in [-0.25, -0.2) is 0 Å². The van der Waals surface area contributed by atoms with Gasteiger partial charge < -0.3 is 10.5 Å². The van der Waals surface area contributed by atoms with Crippen molar-refractivity contribution in [3.8, 4) is 6.07 Å². The molecule has 0 saturated heterocycles. The summed E-state index contributed by atoms with van der Waals surface area (Å²) in [6, 6.07) is 1.17. The number of nitrogens with zero attached hydrogens (tertiary/aromatic N) is 1. The van der Waals surface area contributed by atoms with Gasteiger partial charge in [0.25, 0.3) is 0 Å². The van der Waals surface area contributed by atoms with E-state index < -0.39 is 11.5 Å². The molecule has 1 aliphatic carbocycles. The van der Waals surface area contributed by atoms with E-state index in [1.54, 1.807) is 6.92 Å². The zero-order chi connectivity index (χ0) is 9.19. The molecule has 0 aromatic heterocycles. The minimum atomic E-state index is -0.712. The summed E-state index contributed by atoms with van der Waals surface area (Å²) >= 11 is 0. The Morgan fingerprint density at radius 2 is 2.42 bits per heavy atom. The first-order valence-electron chi connectivity index (χ1n) is 4.00. The molecule has 2 N–H and O–H groups in total. The zero-order valence-corrected chi connectivity index (χ0v) is 7.04. The van der Waals surface area contributed by atoms with Crippen LogP contribution in [0.1, 0.15) is 19.8 Å². The summed E-state index contributed by atoms with van der Waals surface area (Å²) in [5, 5.41) is 8.54. The Balaban J connectivity index is 2.61. The molecule has 0 amide bonds. The van der Waals surface area contributed by atoms with Crippen LogP contribution in [-0.4, -0.2) is 18.6 Å². The molecule has 1 atom stereocenters. The van der Waals surface area contributed by atoms with Gasteiger partial charge in [-0.3, -0.25) is 4.79 Å². The van der Waals surface area contributed by atoms with Gasteiger partial charge in [-0.05, 0) is 19.8 Å². The van der Waals surface area contributed by atoms with E-state index in [2.05, 4.69) is 0 Å². The maximum absolute atomic E-state index is 11.3. The molecule has 4 nitrogen and oxygen atoms in total. The Hall–Kier alpha value is -1.08. The van der Waals surface area contributed by atoms with E-state index in [0.29, 0.717) is 19.4 Å². The van der Waals surface area contributed by atoms with Crippen molar-refractivity contribution in [3.05, 3.63) is 0 Å². The molecular formula is C8H12N2O2. The molecule has 0 spiro atoms. The third kappa shape index (κ3) is 1.28. The van der Waals surface area contributed by atoms with Crippen LogP contribution < -0.4 is 5.73 Å². The van der Waals surface area contributed by atoms with Crippen LogP contribution in [0.3, 0.4) is 0 Å². The number of esters is 1. The van der Waals surface area contributed by atoms with Crippen molar-refractivity contribution in [1.82, 2.24) is 0 Å². The van der Waals surface area contributed by atoms with Crippen LogP contribution in [-0.2, 0) is 9.53 Å². The summed E-state index contributed by atoms with van der Waals surface area (Å²) < 4.78 is 4.82. The third-order valence-electron chi connectivity index (χ3n) is 2.21. The smallest absolute Gasteiger partial charge is 0.314 e. The van der Waals surface area contributed by atoms with Crippen LogP contribution in [0.15, 0.2) is 0 Å². The van der Waals surface area contributed by atoms with E-state index in [9.17, 15) is 4.79 Å². The van der Waals surface area contributed by atoms with Gasteiger partial charge >= 0.3 is 5.97 Å². The highest BCUT2D eigenvalue weighted by molar-refractivity contribution is 5.81. The predicted octanol–water partition coefficient (Wildman–Crippen LogP) is 0.181. The highest BCUT2D eigenvalue weighted by Gasteiger charge is 2.56. The van der Waals surface area contributed by atoms with Crippen LogP contribution in [0.25, 0.3) is 0 Å². The van der Waals surface area contributed by atoms with Gasteiger partial charge in [0, 0.05) is 0 Å². The van der Waals surface area contributed by atoms with Crippen LogP contribution >= 0.6 is 0 Å². The van der Waals surface area contributed by atoms with E-state index >= 15 is 0 Å². The quantitative estimate of drug-likeness (QED) is 0.610. The first-order chi connectivity index (χ1) is 5.67. The Kier molecular flexibility index (Phi) is 2.34. The second-order valence-corrected chi connectivity index (χ2v) is 2.98. The largest absolute Gasteiger partial charge is 0.465 e. The molecule has 66 valence electrons. The number of ether oxygens (including phenoxy) is 1. The average molecular weight is 168 g/mol. The summed E-state index contributed by atoms with van der Waals surface area (Å²) in [5.74, 6) is -0.320. The molecular weight excluding hydrogens is 156 g/mol. The summed E-state index contributed by atoms with van der Waals surface area (Å²) in [5.41, 5.74) is 4.81. The maximum atomic E-state index is 11.3. The monoisotopic (exact) mass is 168 g/mol. The first kappa shape index (κ1) is 9.01. The lowest BCUT2D eigenvalue weighted by Gasteiger charge is -2.14. The zero-order valence-electron chi connectivity index (χ0n) is 7.04. The molecule has 0 aliphatic heterocycles. The van der Waals surface area contributed by atoms with Crippen molar-refractivity contribution in [1.29, 1.82) is 5.26 Å². The Morgan fingerprint density at radius 1 is 1.83 bits per heavy atom. The predicted molar refractivity (Wildman–Crippen MR) is 41.9 cm³/mol. The van der Waals surface area contributed by atoms with Gasteiger partial charge in [-0.15, -0.1) is 0 Å². The summed E-state index contributed by atoms with van der Waals surface area (Å²) in [6.45, 7) is 2.09. The number of carbonyl (C=O) groups excluding carboxylic acids is 1. The van der Waals surface area contributed by atoms with Gasteiger partial charge in [-0.2, -0.15) is 5.26 Å². The average Bonchev–Trinajstić information content (AvgIpc) is 2.84. The van der Waals surface area contributed by atoms with Crippen LogP contribution in [0.4, 0.5) is 0 Å². The minimum Gasteiger partial charge on any atom is -0.465 e. The molecule has 4 heteroatoms. The fourth-order valence-electron chi connectivity index (χ4n) is 1.18. The fraction of sp³-hybridized carbons (Fsp3) is 0.750. The Bertz CT molecular complexity index is 228. The molecule has 12 heavy (non-hydrogen) atoms. The highest BCUT2D eigenvalue weighted by atomic mass is 16.5. The summed E-state index contributed by atoms with van der Waals surface area (Å²) in [7, 11) is 0. The minimum absolute atomic E-state index is 0.320. The third-order valence-corrected chi connectivity index (χ3v) is 2.21. The number of nitriles is 1. The van der Waals surface area contributed by atoms with E-state index in [1.165, 1.54) is 0 Å². The van der Waals surface area contributed by atoms with Crippen molar-refractivity contribution in [2.75, 3.05) is 6.61 Å². The molecule has 0 aromatic carbocycles. The van der Waals surface area contributed by atoms with Gasteiger partial charge in [-0.1, -0.05) is 0 Å². The van der Waals surface area contributed by atoms with Crippen molar-refractivity contribution < 1.29 is 9.53 Å². The topological polar surface area (TPSA) is 76.1 Å². The summed E-state index contributed by atoms with van der Waals surface area (Å²) in [4.78, 5) is 11.3. The lowest BCUT2D eigenvalue weighted by Crippen LogP contribution is -2.37. The molecule has 1 saturated carbocycles. The van der Waals surface area contributed by atoms with Crippen LogP contribution in [0, 0.1) is 16.7 Å². The number of rotatable bonds is 3.